The normalized spacial score (nSPS) is 11.2. The molecule has 0 aliphatic carbocycles. The molecule has 0 aliphatic heterocycles. The molecule has 2 rings (SSSR count). The maximum atomic E-state index is 12.3. The number of esters is 1. The van der Waals surface area contributed by atoms with Crippen molar-refractivity contribution in [3.63, 3.8) is 0 Å². The van der Waals surface area contributed by atoms with Crippen LogP contribution in [0.15, 0.2) is 38.2 Å². The lowest BCUT2D eigenvalue weighted by atomic mass is 10.2. The number of methoxy groups -OCH3 is 1. The number of ether oxygens (including phenoxy) is 1. The van der Waals surface area contributed by atoms with Crippen LogP contribution in [0.3, 0.4) is 0 Å². The highest BCUT2D eigenvalue weighted by Crippen LogP contribution is 2.23. The van der Waals surface area contributed by atoms with Crippen molar-refractivity contribution in [3.05, 3.63) is 40.1 Å². The predicted molar refractivity (Wildman–Crippen MR) is 77.5 cm³/mol. The summed E-state index contributed by atoms with van der Waals surface area (Å²) < 4.78 is 36.9. The Morgan fingerprint density at radius 2 is 2.10 bits per heavy atom. The molecule has 0 radical (unpaired) electrons. The van der Waals surface area contributed by atoms with Gasteiger partial charge in [0.05, 0.1) is 12.7 Å². The van der Waals surface area contributed by atoms with E-state index in [4.69, 9.17) is 4.52 Å². The summed E-state index contributed by atoms with van der Waals surface area (Å²) in [5, 5.41) is 3.55. The molecule has 112 valence electrons. The van der Waals surface area contributed by atoms with Gasteiger partial charge in [-0.25, -0.2) is 13.2 Å². The van der Waals surface area contributed by atoms with E-state index in [2.05, 4.69) is 30.5 Å². The van der Waals surface area contributed by atoms with Gasteiger partial charge in [-0.1, -0.05) is 21.1 Å². The molecule has 0 saturated heterocycles. The van der Waals surface area contributed by atoms with E-state index >= 15 is 0 Å². The van der Waals surface area contributed by atoms with Crippen LogP contribution in [0.4, 0.5) is 5.82 Å². The minimum atomic E-state index is -4.00. The van der Waals surface area contributed by atoms with Crippen molar-refractivity contribution >= 4 is 37.7 Å². The molecule has 0 atom stereocenters. The first kappa shape index (κ1) is 15.5. The molecule has 1 aromatic carbocycles. The Hall–Kier alpha value is -1.87. The van der Waals surface area contributed by atoms with Crippen LogP contribution < -0.4 is 4.72 Å². The Morgan fingerprint density at radius 1 is 1.38 bits per heavy atom. The van der Waals surface area contributed by atoms with E-state index in [1.807, 2.05) is 0 Å². The van der Waals surface area contributed by atoms with Crippen molar-refractivity contribution in [2.45, 2.75) is 11.8 Å². The molecule has 7 nitrogen and oxygen atoms in total. The number of benzene rings is 1. The van der Waals surface area contributed by atoms with Gasteiger partial charge in [0.15, 0.2) is 5.82 Å². The Bertz CT molecular complexity index is 785. The fourth-order valence-corrected chi connectivity index (χ4v) is 3.13. The molecule has 0 aliphatic rings. The summed E-state index contributed by atoms with van der Waals surface area (Å²) in [7, 11) is -2.82. The molecule has 2 aromatic rings. The van der Waals surface area contributed by atoms with E-state index in [-0.39, 0.29) is 16.3 Å². The van der Waals surface area contributed by atoms with E-state index in [0.717, 1.165) is 0 Å². The second-order valence-electron chi connectivity index (χ2n) is 4.06. The summed E-state index contributed by atoms with van der Waals surface area (Å²) in [5.74, 6) is -0.268. The van der Waals surface area contributed by atoms with Gasteiger partial charge >= 0.3 is 5.97 Å². The van der Waals surface area contributed by atoms with E-state index in [0.29, 0.717) is 10.2 Å². The largest absolute Gasteiger partial charge is 0.465 e. The standard InChI is InChI=1S/C12H11BrN2O5S/c1-7-5-11(14-20-7)15-21(17,18)10-4-3-8(13)6-9(10)12(16)19-2/h3-6H,1-2H3,(H,14,15). The SMILES string of the molecule is COC(=O)c1cc(Br)ccc1S(=O)(=O)Nc1cc(C)on1. The smallest absolute Gasteiger partial charge is 0.339 e. The van der Waals surface area contributed by atoms with Crippen molar-refractivity contribution in [2.75, 3.05) is 11.8 Å². The van der Waals surface area contributed by atoms with Gasteiger partial charge in [0.2, 0.25) is 0 Å². The summed E-state index contributed by atoms with van der Waals surface area (Å²) in [6.45, 7) is 1.63. The molecular formula is C12H11BrN2O5S. The quantitative estimate of drug-likeness (QED) is 0.824. The van der Waals surface area contributed by atoms with Crippen LogP contribution in [-0.2, 0) is 14.8 Å². The second kappa shape index (κ2) is 5.86. The predicted octanol–water partition coefficient (Wildman–Crippen LogP) is 2.33. The van der Waals surface area contributed by atoms with Crippen molar-refractivity contribution in [3.8, 4) is 0 Å². The molecule has 1 aromatic heterocycles. The Balaban J connectivity index is 2.46. The van der Waals surface area contributed by atoms with E-state index in [1.165, 1.54) is 31.4 Å². The van der Waals surface area contributed by atoms with Gasteiger partial charge < -0.3 is 9.26 Å². The fourth-order valence-electron chi connectivity index (χ4n) is 1.61. The number of nitrogens with zero attached hydrogens (tertiary/aromatic N) is 1. The van der Waals surface area contributed by atoms with Gasteiger partial charge in [-0.05, 0) is 25.1 Å². The summed E-state index contributed by atoms with van der Waals surface area (Å²) in [6.07, 6.45) is 0. The van der Waals surface area contributed by atoms with Gasteiger partial charge in [-0.2, -0.15) is 0 Å². The van der Waals surface area contributed by atoms with Crippen LogP contribution in [0.25, 0.3) is 0 Å². The van der Waals surface area contributed by atoms with Crippen LogP contribution in [0.2, 0.25) is 0 Å². The number of rotatable bonds is 4. The number of anilines is 1. The highest BCUT2D eigenvalue weighted by molar-refractivity contribution is 9.10. The average molecular weight is 375 g/mol. The zero-order valence-corrected chi connectivity index (χ0v) is 13.5. The topological polar surface area (TPSA) is 98.5 Å². The summed E-state index contributed by atoms with van der Waals surface area (Å²) in [5.41, 5.74) is -0.0837. The number of aromatic nitrogens is 1. The summed E-state index contributed by atoms with van der Waals surface area (Å²) in [4.78, 5) is 11.5. The van der Waals surface area contributed by atoms with Crippen LogP contribution >= 0.6 is 15.9 Å². The molecule has 0 spiro atoms. The van der Waals surface area contributed by atoms with Crippen molar-refractivity contribution in [1.82, 2.24) is 5.16 Å². The number of hydrogen-bond donors (Lipinski definition) is 1. The number of aryl methyl sites for hydroxylation is 1. The molecule has 21 heavy (non-hydrogen) atoms. The van der Waals surface area contributed by atoms with Gasteiger partial charge in [0, 0.05) is 10.5 Å². The van der Waals surface area contributed by atoms with Crippen molar-refractivity contribution < 1.29 is 22.5 Å². The van der Waals surface area contributed by atoms with Gasteiger partial charge in [-0.3, -0.25) is 4.72 Å². The molecule has 1 N–H and O–H groups in total. The average Bonchev–Trinajstić information content (AvgIpc) is 2.82. The highest BCUT2D eigenvalue weighted by Gasteiger charge is 2.24. The lowest BCUT2D eigenvalue weighted by Crippen LogP contribution is -2.17. The third-order valence-electron chi connectivity index (χ3n) is 2.50. The van der Waals surface area contributed by atoms with Gasteiger partial charge in [-0.15, -0.1) is 0 Å². The Kier molecular flexibility index (Phi) is 4.33. The molecule has 9 heteroatoms. The lowest BCUT2D eigenvalue weighted by molar-refractivity contribution is 0.0596. The first-order valence-corrected chi connectivity index (χ1v) is 7.95. The third kappa shape index (κ3) is 3.42. The Labute approximate surface area is 129 Å². The maximum Gasteiger partial charge on any atom is 0.339 e. The number of halogens is 1. The fraction of sp³-hybridized carbons (Fsp3) is 0.167. The van der Waals surface area contributed by atoms with Crippen molar-refractivity contribution in [2.24, 2.45) is 0 Å². The summed E-state index contributed by atoms with van der Waals surface area (Å²) >= 11 is 3.18. The van der Waals surface area contributed by atoms with E-state index in [9.17, 15) is 13.2 Å². The van der Waals surface area contributed by atoms with Gasteiger partial charge in [0.1, 0.15) is 10.7 Å². The molecule has 0 bridgehead atoms. The first-order valence-electron chi connectivity index (χ1n) is 5.67. The number of carbonyl (C=O) groups excluding carboxylic acids is 1. The van der Waals surface area contributed by atoms with Crippen LogP contribution in [0.1, 0.15) is 16.1 Å². The minimum absolute atomic E-state index is 0.0336. The highest BCUT2D eigenvalue weighted by atomic mass is 79.9. The zero-order valence-electron chi connectivity index (χ0n) is 11.1. The third-order valence-corrected chi connectivity index (χ3v) is 4.41. The first-order chi connectivity index (χ1) is 9.83. The minimum Gasteiger partial charge on any atom is -0.465 e. The van der Waals surface area contributed by atoms with Gasteiger partial charge in [0.25, 0.3) is 10.0 Å². The molecule has 0 saturated carbocycles. The molecule has 0 unspecified atom stereocenters. The second-order valence-corrected chi connectivity index (χ2v) is 6.63. The molecular weight excluding hydrogens is 364 g/mol. The number of hydrogen-bond acceptors (Lipinski definition) is 6. The number of carbonyl (C=O) groups is 1. The van der Waals surface area contributed by atoms with Crippen molar-refractivity contribution in [1.29, 1.82) is 0 Å². The number of sulfonamides is 1. The molecule has 1 heterocycles. The van der Waals surface area contributed by atoms with Crippen LogP contribution in [-0.4, -0.2) is 26.7 Å². The summed E-state index contributed by atoms with van der Waals surface area (Å²) in [6, 6.07) is 5.60. The van der Waals surface area contributed by atoms with E-state index in [1.54, 1.807) is 6.92 Å². The van der Waals surface area contributed by atoms with E-state index < -0.39 is 16.0 Å². The number of nitrogens with one attached hydrogen (secondary N) is 1. The Morgan fingerprint density at radius 3 is 2.67 bits per heavy atom. The monoisotopic (exact) mass is 374 g/mol. The lowest BCUT2D eigenvalue weighted by Gasteiger charge is -2.09. The zero-order chi connectivity index (χ0) is 15.6. The molecule has 0 fully saturated rings. The van der Waals surface area contributed by atoms with Crippen LogP contribution in [0.5, 0.6) is 0 Å². The molecule has 0 amide bonds. The maximum absolute atomic E-state index is 12.3. The van der Waals surface area contributed by atoms with Crippen LogP contribution in [0, 0.1) is 6.92 Å².